The van der Waals surface area contributed by atoms with Gasteiger partial charge in [-0.15, -0.1) is 0 Å². The molecule has 3 aromatic carbocycles. The molecule has 3 aromatic rings. The van der Waals surface area contributed by atoms with Crippen LogP contribution in [-0.2, 0) is 11.2 Å². The maximum atomic E-state index is 13.7. The molecule has 0 aliphatic rings. The highest BCUT2D eigenvalue weighted by Crippen LogP contribution is 2.21. The fourth-order valence-electron chi connectivity index (χ4n) is 2.96. The van der Waals surface area contributed by atoms with Crippen molar-refractivity contribution in [1.29, 1.82) is 0 Å². The minimum Gasteiger partial charge on any atom is -0.483 e. The van der Waals surface area contributed by atoms with Crippen molar-refractivity contribution < 1.29 is 23.1 Å². The summed E-state index contributed by atoms with van der Waals surface area (Å²) in [4.78, 5) is 23.5. The molecule has 0 saturated carbocycles. The molecular weight excluding hydrogens is 376 g/mol. The number of carbonyl (C=O) groups is 2. The summed E-state index contributed by atoms with van der Waals surface area (Å²) in [5, 5.41) is 2.79. The predicted octanol–water partition coefficient (Wildman–Crippen LogP) is 4.26. The van der Waals surface area contributed by atoms with Gasteiger partial charge in [0.05, 0.1) is 11.6 Å². The second kappa shape index (κ2) is 9.59. The predicted molar refractivity (Wildman–Crippen MR) is 105 cm³/mol. The van der Waals surface area contributed by atoms with Gasteiger partial charge in [0.2, 0.25) is 0 Å². The van der Waals surface area contributed by atoms with Crippen molar-refractivity contribution in [3.8, 4) is 5.75 Å². The highest BCUT2D eigenvalue weighted by molar-refractivity contribution is 5.81. The first-order valence-corrected chi connectivity index (χ1v) is 9.01. The van der Waals surface area contributed by atoms with Gasteiger partial charge in [-0.05, 0) is 53.9 Å². The van der Waals surface area contributed by atoms with E-state index < -0.39 is 17.8 Å². The van der Waals surface area contributed by atoms with E-state index in [-0.39, 0.29) is 18.8 Å². The lowest BCUT2D eigenvalue weighted by Gasteiger charge is -2.20. The van der Waals surface area contributed by atoms with Crippen LogP contribution in [0.2, 0.25) is 0 Å². The number of nitrogens with one attached hydrogen (secondary N) is 1. The summed E-state index contributed by atoms with van der Waals surface area (Å²) in [6.07, 6.45) is 0.921. The number of hydrogen-bond donors (Lipinski definition) is 1. The van der Waals surface area contributed by atoms with Crippen LogP contribution in [0, 0.1) is 11.6 Å². The van der Waals surface area contributed by atoms with E-state index >= 15 is 0 Å². The monoisotopic (exact) mass is 395 g/mol. The molecule has 0 heterocycles. The molecule has 0 aliphatic heterocycles. The molecule has 1 N–H and O–H groups in total. The number of aldehydes is 1. The molecule has 0 spiro atoms. The quantitative estimate of drug-likeness (QED) is 0.580. The van der Waals surface area contributed by atoms with Gasteiger partial charge in [-0.3, -0.25) is 9.59 Å². The number of ether oxygens (including phenoxy) is 1. The van der Waals surface area contributed by atoms with E-state index in [0.717, 1.165) is 0 Å². The van der Waals surface area contributed by atoms with Crippen molar-refractivity contribution in [3.63, 3.8) is 0 Å². The Morgan fingerprint density at radius 1 is 0.966 bits per heavy atom. The van der Waals surface area contributed by atoms with Crippen LogP contribution in [0.5, 0.6) is 5.75 Å². The molecule has 29 heavy (non-hydrogen) atoms. The van der Waals surface area contributed by atoms with Crippen LogP contribution in [0.3, 0.4) is 0 Å². The van der Waals surface area contributed by atoms with Crippen molar-refractivity contribution in [1.82, 2.24) is 5.32 Å². The number of para-hydroxylation sites is 1. The topological polar surface area (TPSA) is 55.4 Å². The Kier molecular flexibility index (Phi) is 6.68. The van der Waals surface area contributed by atoms with Crippen LogP contribution in [0.15, 0.2) is 72.8 Å². The van der Waals surface area contributed by atoms with E-state index in [2.05, 4.69) is 5.32 Å². The second-order valence-corrected chi connectivity index (χ2v) is 6.45. The molecule has 148 valence electrons. The van der Waals surface area contributed by atoms with Crippen LogP contribution in [-0.4, -0.2) is 18.8 Å². The first kappa shape index (κ1) is 20.2. The molecular formula is C23H19F2NO3. The van der Waals surface area contributed by atoms with Gasteiger partial charge in [-0.25, -0.2) is 8.78 Å². The van der Waals surface area contributed by atoms with E-state index in [1.807, 2.05) is 0 Å². The zero-order valence-electron chi connectivity index (χ0n) is 15.5. The minimum atomic E-state index is -0.579. The third-order valence-electron chi connectivity index (χ3n) is 4.32. The first-order valence-electron chi connectivity index (χ1n) is 9.01. The van der Waals surface area contributed by atoms with E-state index in [0.29, 0.717) is 28.7 Å². The number of benzene rings is 3. The minimum absolute atomic E-state index is 0.276. The Labute approximate surface area is 167 Å². The van der Waals surface area contributed by atoms with E-state index in [1.165, 1.54) is 24.3 Å². The molecule has 0 aromatic heterocycles. The van der Waals surface area contributed by atoms with Crippen LogP contribution in [0.4, 0.5) is 8.78 Å². The van der Waals surface area contributed by atoms with Crippen LogP contribution >= 0.6 is 0 Å². The lowest BCUT2D eigenvalue weighted by atomic mass is 9.98. The smallest absolute Gasteiger partial charge is 0.258 e. The zero-order valence-corrected chi connectivity index (χ0v) is 15.5. The average Bonchev–Trinajstić information content (AvgIpc) is 2.72. The zero-order chi connectivity index (χ0) is 20.6. The molecule has 4 nitrogen and oxygen atoms in total. The van der Waals surface area contributed by atoms with Crippen LogP contribution in [0.25, 0.3) is 0 Å². The summed E-state index contributed by atoms with van der Waals surface area (Å²) in [6.45, 7) is -0.320. The standard InChI is InChI=1S/C23H19F2NO3/c24-19-8-3-5-16(11-19)12-21(17-7-4-9-20(25)13-17)26-23(28)15-29-22-10-2-1-6-18(22)14-27/h1-11,13-14,21H,12,15H2,(H,26,28). The third kappa shape index (κ3) is 5.72. The Morgan fingerprint density at radius 2 is 1.69 bits per heavy atom. The third-order valence-corrected chi connectivity index (χ3v) is 4.32. The molecule has 0 radical (unpaired) electrons. The number of amides is 1. The fraction of sp³-hybridized carbons (Fsp3) is 0.130. The molecule has 3 rings (SSSR count). The van der Waals surface area contributed by atoms with Gasteiger partial charge in [-0.1, -0.05) is 36.4 Å². The van der Waals surface area contributed by atoms with Gasteiger partial charge >= 0.3 is 0 Å². The number of hydrogen-bond acceptors (Lipinski definition) is 3. The van der Waals surface area contributed by atoms with E-state index in [4.69, 9.17) is 4.74 Å². The summed E-state index contributed by atoms with van der Waals surface area (Å²) in [6, 6.07) is 17.9. The molecule has 0 bridgehead atoms. The highest BCUT2D eigenvalue weighted by Gasteiger charge is 2.17. The summed E-state index contributed by atoms with van der Waals surface area (Å²) >= 11 is 0. The molecule has 1 unspecified atom stereocenters. The Balaban J connectivity index is 1.73. The average molecular weight is 395 g/mol. The molecule has 1 atom stereocenters. The van der Waals surface area contributed by atoms with Crippen LogP contribution < -0.4 is 10.1 Å². The second-order valence-electron chi connectivity index (χ2n) is 6.45. The summed E-state index contributed by atoms with van der Waals surface area (Å²) in [7, 11) is 0. The van der Waals surface area contributed by atoms with E-state index in [1.54, 1.807) is 48.5 Å². The SMILES string of the molecule is O=Cc1ccccc1OCC(=O)NC(Cc1cccc(F)c1)c1cccc(F)c1. The van der Waals surface area contributed by atoms with Crippen molar-refractivity contribution in [2.45, 2.75) is 12.5 Å². The van der Waals surface area contributed by atoms with Crippen LogP contribution in [0.1, 0.15) is 27.5 Å². The lowest BCUT2D eigenvalue weighted by molar-refractivity contribution is -0.123. The number of rotatable bonds is 8. The van der Waals surface area contributed by atoms with Crippen molar-refractivity contribution in [2.24, 2.45) is 0 Å². The molecule has 6 heteroatoms. The maximum absolute atomic E-state index is 13.7. The number of carbonyl (C=O) groups excluding carboxylic acids is 2. The van der Waals surface area contributed by atoms with Gasteiger partial charge in [0.1, 0.15) is 17.4 Å². The summed E-state index contributed by atoms with van der Waals surface area (Å²) < 4.78 is 32.7. The Hall–Kier alpha value is -3.54. The van der Waals surface area contributed by atoms with E-state index in [9.17, 15) is 18.4 Å². The van der Waals surface area contributed by atoms with Gasteiger partial charge in [0.15, 0.2) is 12.9 Å². The van der Waals surface area contributed by atoms with Gasteiger partial charge < -0.3 is 10.1 Å². The number of halogens is 2. The largest absolute Gasteiger partial charge is 0.483 e. The highest BCUT2D eigenvalue weighted by atomic mass is 19.1. The Bertz CT molecular complexity index is 1010. The molecule has 0 aliphatic carbocycles. The normalized spacial score (nSPS) is 11.5. The lowest BCUT2D eigenvalue weighted by Crippen LogP contribution is -2.34. The first-order chi connectivity index (χ1) is 14.0. The fourth-order valence-corrected chi connectivity index (χ4v) is 2.96. The van der Waals surface area contributed by atoms with Gasteiger partial charge in [-0.2, -0.15) is 0 Å². The molecule has 0 fully saturated rings. The molecule has 1 amide bonds. The summed E-state index contributed by atoms with van der Waals surface area (Å²) in [5.41, 5.74) is 1.55. The molecule has 0 saturated heterocycles. The van der Waals surface area contributed by atoms with Crippen molar-refractivity contribution in [3.05, 3.63) is 101 Å². The van der Waals surface area contributed by atoms with Crippen molar-refractivity contribution >= 4 is 12.2 Å². The maximum Gasteiger partial charge on any atom is 0.258 e. The van der Waals surface area contributed by atoms with Crippen molar-refractivity contribution in [2.75, 3.05) is 6.61 Å². The van der Waals surface area contributed by atoms with Gasteiger partial charge in [0, 0.05) is 0 Å². The Morgan fingerprint density at radius 3 is 2.41 bits per heavy atom. The summed E-state index contributed by atoms with van der Waals surface area (Å²) in [5.74, 6) is -0.973. The van der Waals surface area contributed by atoms with Gasteiger partial charge in [0.25, 0.3) is 5.91 Å².